The molecule has 0 aromatic heterocycles. The number of nitrogens with zero attached hydrogens (tertiary/aromatic N) is 3. The molecule has 6 nitrogen and oxygen atoms in total. The van der Waals surface area contributed by atoms with Crippen molar-refractivity contribution < 1.29 is 14.0 Å². The number of anilines is 1. The number of rotatable bonds is 3. The van der Waals surface area contributed by atoms with Crippen LogP contribution in [-0.2, 0) is 4.79 Å². The molecule has 2 aliphatic rings. The Bertz CT molecular complexity index is 681. The first-order valence-electron chi connectivity index (χ1n) is 9.84. The van der Waals surface area contributed by atoms with Crippen molar-refractivity contribution >= 4 is 17.5 Å². The molecular weight excluding hydrogens is 347 g/mol. The van der Waals surface area contributed by atoms with Gasteiger partial charge in [0.2, 0.25) is 5.91 Å². The Morgan fingerprint density at radius 3 is 2.15 bits per heavy atom. The van der Waals surface area contributed by atoms with E-state index in [-0.39, 0.29) is 23.5 Å². The van der Waals surface area contributed by atoms with Crippen molar-refractivity contribution in [3.05, 3.63) is 29.6 Å². The molecule has 2 fully saturated rings. The minimum Gasteiger partial charge on any atom is -0.396 e. The van der Waals surface area contributed by atoms with Crippen LogP contribution in [0.2, 0.25) is 0 Å². The first-order valence-corrected chi connectivity index (χ1v) is 9.84. The maximum absolute atomic E-state index is 13.3. The summed E-state index contributed by atoms with van der Waals surface area (Å²) in [5, 5.41) is 0. The summed E-state index contributed by atoms with van der Waals surface area (Å²) in [6.07, 6.45) is 4.79. The molecular formula is C20H29FN4O2. The number of benzene rings is 1. The summed E-state index contributed by atoms with van der Waals surface area (Å²) in [4.78, 5) is 31.3. The highest BCUT2D eigenvalue weighted by atomic mass is 19.1. The molecule has 2 heterocycles. The van der Waals surface area contributed by atoms with Crippen LogP contribution in [0.15, 0.2) is 18.2 Å². The standard InChI is InChI=1S/C20H29FN4O2/c1-15(23-8-4-2-3-5-9-23)19(26)24-10-12-25(13-11-24)20(27)16-6-7-17(21)18(22)14-16/h6-7,14-15H,2-5,8-13,22H2,1H3. The zero-order valence-electron chi connectivity index (χ0n) is 16.0. The molecule has 7 heteroatoms. The van der Waals surface area contributed by atoms with E-state index < -0.39 is 5.82 Å². The van der Waals surface area contributed by atoms with Gasteiger partial charge < -0.3 is 15.5 Å². The molecule has 0 saturated carbocycles. The first-order chi connectivity index (χ1) is 13.0. The number of halogens is 1. The van der Waals surface area contributed by atoms with Crippen molar-refractivity contribution in [3.8, 4) is 0 Å². The van der Waals surface area contributed by atoms with E-state index in [0.29, 0.717) is 31.7 Å². The monoisotopic (exact) mass is 376 g/mol. The van der Waals surface area contributed by atoms with Crippen molar-refractivity contribution in [3.63, 3.8) is 0 Å². The lowest BCUT2D eigenvalue weighted by atomic mass is 10.1. The second kappa shape index (κ2) is 8.69. The molecule has 2 saturated heterocycles. The van der Waals surface area contributed by atoms with Crippen LogP contribution >= 0.6 is 0 Å². The predicted octanol–water partition coefficient (Wildman–Crippen LogP) is 1.96. The summed E-state index contributed by atoms with van der Waals surface area (Å²) in [5.74, 6) is -0.547. The minimum absolute atomic E-state index is 0.0269. The van der Waals surface area contributed by atoms with Gasteiger partial charge in [0.05, 0.1) is 11.7 Å². The van der Waals surface area contributed by atoms with Gasteiger partial charge in [-0.1, -0.05) is 12.8 Å². The van der Waals surface area contributed by atoms with Gasteiger partial charge in [0.25, 0.3) is 5.91 Å². The molecule has 1 atom stereocenters. The normalized spacial score (nSPS) is 20.2. The molecule has 0 spiro atoms. The highest BCUT2D eigenvalue weighted by Gasteiger charge is 2.30. The molecule has 2 N–H and O–H groups in total. The zero-order chi connectivity index (χ0) is 19.4. The van der Waals surface area contributed by atoms with E-state index in [0.717, 1.165) is 25.9 Å². The van der Waals surface area contributed by atoms with Crippen LogP contribution in [0.4, 0.5) is 10.1 Å². The maximum atomic E-state index is 13.3. The molecule has 1 aromatic carbocycles. The molecule has 0 aliphatic carbocycles. The smallest absolute Gasteiger partial charge is 0.254 e. The second-order valence-electron chi connectivity index (χ2n) is 7.48. The van der Waals surface area contributed by atoms with Crippen molar-refractivity contribution in [2.45, 2.75) is 38.6 Å². The van der Waals surface area contributed by atoms with E-state index in [1.807, 2.05) is 11.8 Å². The van der Waals surface area contributed by atoms with Crippen LogP contribution in [0.5, 0.6) is 0 Å². The Morgan fingerprint density at radius 2 is 1.56 bits per heavy atom. The summed E-state index contributed by atoms with van der Waals surface area (Å²) in [5.41, 5.74) is 5.92. The van der Waals surface area contributed by atoms with Crippen LogP contribution in [0.25, 0.3) is 0 Å². The third-order valence-electron chi connectivity index (χ3n) is 5.67. The number of nitrogens with two attached hydrogens (primary N) is 1. The third-order valence-corrected chi connectivity index (χ3v) is 5.67. The Kier molecular flexibility index (Phi) is 6.31. The largest absolute Gasteiger partial charge is 0.396 e. The van der Waals surface area contributed by atoms with Gasteiger partial charge in [-0.25, -0.2) is 4.39 Å². The first kappa shape index (κ1) is 19.6. The Hall–Kier alpha value is -2.15. The average Bonchev–Trinajstić information content (AvgIpc) is 2.98. The molecule has 2 aliphatic heterocycles. The van der Waals surface area contributed by atoms with Gasteiger partial charge >= 0.3 is 0 Å². The van der Waals surface area contributed by atoms with Gasteiger partial charge in [-0.05, 0) is 51.1 Å². The zero-order valence-corrected chi connectivity index (χ0v) is 16.0. The van der Waals surface area contributed by atoms with Gasteiger partial charge in [0, 0.05) is 31.7 Å². The number of carbonyl (C=O) groups is 2. The summed E-state index contributed by atoms with van der Waals surface area (Å²) in [7, 11) is 0. The molecule has 2 amide bonds. The molecule has 27 heavy (non-hydrogen) atoms. The lowest BCUT2D eigenvalue weighted by Crippen LogP contribution is -2.55. The fourth-order valence-electron chi connectivity index (χ4n) is 3.89. The minimum atomic E-state index is -0.524. The summed E-state index contributed by atoms with van der Waals surface area (Å²) < 4.78 is 13.3. The van der Waals surface area contributed by atoms with E-state index in [1.165, 1.54) is 31.0 Å². The summed E-state index contributed by atoms with van der Waals surface area (Å²) in [6.45, 7) is 5.98. The third kappa shape index (κ3) is 4.58. The quantitative estimate of drug-likeness (QED) is 0.819. The molecule has 148 valence electrons. The molecule has 1 aromatic rings. The van der Waals surface area contributed by atoms with Gasteiger partial charge in [-0.15, -0.1) is 0 Å². The van der Waals surface area contributed by atoms with E-state index >= 15 is 0 Å². The van der Waals surface area contributed by atoms with E-state index in [2.05, 4.69) is 4.90 Å². The van der Waals surface area contributed by atoms with E-state index in [4.69, 9.17) is 5.73 Å². The Balaban J connectivity index is 1.55. The van der Waals surface area contributed by atoms with Gasteiger partial charge in [-0.3, -0.25) is 14.5 Å². The number of carbonyl (C=O) groups excluding carboxylic acids is 2. The van der Waals surface area contributed by atoms with Crippen molar-refractivity contribution in [2.24, 2.45) is 0 Å². The van der Waals surface area contributed by atoms with Crippen molar-refractivity contribution in [1.29, 1.82) is 0 Å². The number of hydrogen-bond acceptors (Lipinski definition) is 4. The number of amides is 2. The molecule has 1 unspecified atom stereocenters. The number of likely N-dealkylation sites (tertiary alicyclic amines) is 1. The fraction of sp³-hybridized carbons (Fsp3) is 0.600. The van der Waals surface area contributed by atoms with Gasteiger partial charge in [-0.2, -0.15) is 0 Å². The Labute approximate surface area is 160 Å². The van der Waals surface area contributed by atoms with Crippen LogP contribution < -0.4 is 5.73 Å². The summed E-state index contributed by atoms with van der Waals surface area (Å²) >= 11 is 0. The van der Waals surface area contributed by atoms with Crippen LogP contribution in [0.1, 0.15) is 43.0 Å². The molecule has 3 rings (SSSR count). The molecule has 0 radical (unpaired) electrons. The van der Waals surface area contributed by atoms with Gasteiger partial charge in [0.15, 0.2) is 0 Å². The number of piperazine rings is 1. The number of nitrogen functional groups attached to an aromatic ring is 1. The predicted molar refractivity (Wildman–Crippen MR) is 103 cm³/mol. The maximum Gasteiger partial charge on any atom is 0.254 e. The van der Waals surface area contributed by atoms with Crippen LogP contribution in [0, 0.1) is 5.82 Å². The van der Waals surface area contributed by atoms with E-state index in [1.54, 1.807) is 4.90 Å². The lowest BCUT2D eigenvalue weighted by Gasteiger charge is -2.38. The SMILES string of the molecule is CC(C(=O)N1CCN(C(=O)c2ccc(F)c(N)c2)CC1)N1CCCCCC1. The topological polar surface area (TPSA) is 69.9 Å². The van der Waals surface area contributed by atoms with Crippen LogP contribution in [0.3, 0.4) is 0 Å². The average molecular weight is 376 g/mol. The Morgan fingerprint density at radius 1 is 0.963 bits per heavy atom. The van der Waals surface area contributed by atoms with Crippen LogP contribution in [-0.4, -0.2) is 71.8 Å². The highest BCUT2D eigenvalue weighted by Crippen LogP contribution is 2.17. The van der Waals surface area contributed by atoms with Gasteiger partial charge in [0.1, 0.15) is 5.82 Å². The van der Waals surface area contributed by atoms with E-state index in [9.17, 15) is 14.0 Å². The lowest BCUT2D eigenvalue weighted by molar-refractivity contribution is -0.137. The van der Waals surface area contributed by atoms with Crippen molar-refractivity contribution in [2.75, 3.05) is 45.0 Å². The summed E-state index contributed by atoms with van der Waals surface area (Å²) in [6, 6.07) is 3.93. The highest BCUT2D eigenvalue weighted by molar-refractivity contribution is 5.95. The molecule has 0 bridgehead atoms. The number of hydrogen-bond donors (Lipinski definition) is 1. The fourth-order valence-corrected chi connectivity index (χ4v) is 3.89. The van der Waals surface area contributed by atoms with Crippen molar-refractivity contribution in [1.82, 2.24) is 14.7 Å². The second-order valence-corrected chi connectivity index (χ2v) is 7.48.